The lowest BCUT2D eigenvalue weighted by atomic mass is 10.3. The van der Waals surface area contributed by atoms with Crippen LogP contribution in [0.1, 0.15) is 13.3 Å². The number of hydrogen-bond donors (Lipinski definition) is 1. The van der Waals surface area contributed by atoms with Crippen LogP contribution in [0.4, 0.5) is 0 Å². The molecule has 0 bridgehead atoms. The maximum absolute atomic E-state index is 11.5. The second kappa shape index (κ2) is 6.93. The van der Waals surface area contributed by atoms with E-state index < -0.39 is 10.0 Å². The summed E-state index contributed by atoms with van der Waals surface area (Å²) in [6.45, 7) is 1.92. The summed E-state index contributed by atoms with van der Waals surface area (Å²) in [5, 5.41) is 0.0687. The molecule has 106 valence electrons. The number of esters is 1. The second-order valence-corrected chi connectivity index (χ2v) is 7.29. The third-order valence-corrected chi connectivity index (χ3v) is 4.97. The molecule has 0 aliphatic carbocycles. The van der Waals surface area contributed by atoms with E-state index in [0.717, 1.165) is 4.90 Å². The standard InChI is InChI=1S/C12H17NO4S2/c1-9(8-12(14)17-3)18-10-4-6-11(7-5-10)19(15,16)13-2/h4-7,9,13H,8H2,1-3H3. The van der Waals surface area contributed by atoms with E-state index in [2.05, 4.69) is 9.46 Å². The van der Waals surface area contributed by atoms with Crippen molar-refractivity contribution in [2.45, 2.75) is 28.4 Å². The third-order valence-electron chi connectivity index (χ3n) is 2.42. The molecule has 5 nitrogen and oxygen atoms in total. The minimum atomic E-state index is -3.40. The minimum absolute atomic E-state index is 0.0687. The van der Waals surface area contributed by atoms with Gasteiger partial charge in [-0.3, -0.25) is 4.79 Å². The van der Waals surface area contributed by atoms with E-state index in [1.807, 2.05) is 6.92 Å². The smallest absolute Gasteiger partial charge is 0.306 e. The maximum Gasteiger partial charge on any atom is 0.306 e. The highest BCUT2D eigenvalue weighted by Gasteiger charge is 2.13. The summed E-state index contributed by atoms with van der Waals surface area (Å²) < 4.78 is 29.9. The molecule has 0 heterocycles. The SMILES string of the molecule is CNS(=O)(=O)c1ccc(SC(C)CC(=O)OC)cc1. The Balaban J connectivity index is 2.70. The van der Waals surface area contributed by atoms with Crippen LogP contribution in [0.5, 0.6) is 0 Å². The van der Waals surface area contributed by atoms with Gasteiger partial charge < -0.3 is 4.74 Å². The summed E-state index contributed by atoms with van der Waals surface area (Å²) in [5.41, 5.74) is 0. The molecule has 19 heavy (non-hydrogen) atoms. The molecule has 0 fully saturated rings. The van der Waals surface area contributed by atoms with Crippen molar-refractivity contribution >= 4 is 27.8 Å². The number of rotatable bonds is 6. The van der Waals surface area contributed by atoms with Crippen molar-refractivity contribution in [2.24, 2.45) is 0 Å². The van der Waals surface area contributed by atoms with Crippen molar-refractivity contribution in [3.05, 3.63) is 24.3 Å². The molecule has 0 saturated carbocycles. The lowest BCUT2D eigenvalue weighted by Gasteiger charge is -2.10. The van der Waals surface area contributed by atoms with Gasteiger partial charge in [-0.1, -0.05) is 6.92 Å². The number of sulfonamides is 1. The summed E-state index contributed by atoms with van der Waals surface area (Å²) in [4.78, 5) is 12.2. The summed E-state index contributed by atoms with van der Waals surface area (Å²) in [7, 11) is -0.670. The molecule has 1 rings (SSSR count). The molecule has 1 aromatic carbocycles. The predicted octanol–water partition coefficient (Wildman–Crippen LogP) is 1.64. The van der Waals surface area contributed by atoms with Crippen LogP contribution >= 0.6 is 11.8 Å². The van der Waals surface area contributed by atoms with Crippen molar-refractivity contribution in [3.63, 3.8) is 0 Å². The van der Waals surface area contributed by atoms with E-state index in [4.69, 9.17) is 0 Å². The predicted molar refractivity (Wildman–Crippen MR) is 74.6 cm³/mol. The molecule has 0 aliphatic rings. The van der Waals surface area contributed by atoms with Gasteiger partial charge in [0.15, 0.2) is 0 Å². The number of thioether (sulfide) groups is 1. The monoisotopic (exact) mass is 303 g/mol. The van der Waals surface area contributed by atoms with Crippen LogP contribution in [0, 0.1) is 0 Å². The highest BCUT2D eigenvalue weighted by molar-refractivity contribution is 8.00. The molecule has 0 aromatic heterocycles. The number of carbonyl (C=O) groups is 1. The molecule has 0 amide bonds. The van der Waals surface area contributed by atoms with E-state index in [9.17, 15) is 13.2 Å². The first-order valence-electron chi connectivity index (χ1n) is 5.66. The second-order valence-electron chi connectivity index (χ2n) is 3.89. The van der Waals surface area contributed by atoms with Gasteiger partial charge in [0.1, 0.15) is 0 Å². The highest BCUT2D eigenvalue weighted by atomic mass is 32.2. The molecule has 1 atom stereocenters. The van der Waals surface area contributed by atoms with Crippen molar-refractivity contribution < 1.29 is 17.9 Å². The van der Waals surface area contributed by atoms with E-state index >= 15 is 0 Å². The number of hydrogen-bond acceptors (Lipinski definition) is 5. The molecule has 1 unspecified atom stereocenters. The Labute approximate surface area is 117 Å². The number of nitrogens with one attached hydrogen (secondary N) is 1. The van der Waals surface area contributed by atoms with Crippen LogP contribution in [0.3, 0.4) is 0 Å². The van der Waals surface area contributed by atoms with E-state index in [1.54, 1.807) is 24.3 Å². The maximum atomic E-state index is 11.5. The van der Waals surface area contributed by atoms with Gasteiger partial charge in [-0.25, -0.2) is 13.1 Å². The Hall–Kier alpha value is -1.05. The Morgan fingerprint density at radius 3 is 2.42 bits per heavy atom. The lowest BCUT2D eigenvalue weighted by Crippen LogP contribution is -2.18. The van der Waals surface area contributed by atoms with Crippen LogP contribution in [0.25, 0.3) is 0 Å². The Bertz CT molecular complexity index is 525. The van der Waals surface area contributed by atoms with Crippen LogP contribution in [0.2, 0.25) is 0 Å². The molecular weight excluding hydrogens is 286 g/mol. The zero-order chi connectivity index (χ0) is 14.5. The quantitative estimate of drug-likeness (QED) is 0.639. The molecule has 0 radical (unpaired) electrons. The van der Waals surface area contributed by atoms with Gasteiger partial charge in [0.25, 0.3) is 0 Å². The van der Waals surface area contributed by atoms with Gasteiger partial charge in [0.05, 0.1) is 18.4 Å². The average molecular weight is 303 g/mol. The van der Waals surface area contributed by atoms with Crippen molar-refractivity contribution in [2.75, 3.05) is 14.2 Å². The average Bonchev–Trinajstić information content (AvgIpc) is 2.39. The first-order chi connectivity index (χ1) is 8.89. The molecule has 1 aromatic rings. The van der Waals surface area contributed by atoms with Gasteiger partial charge in [-0.05, 0) is 31.3 Å². The van der Waals surface area contributed by atoms with Crippen molar-refractivity contribution in [1.82, 2.24) is 4.72 Å². The Kier molecular flexibility index (Phi) is 5.84. The molecule has 0 saturated heterocycles. The lowest BCUT2D eigenvalue weighted by molar-refractivity contribution is -0.140. The number of carbonyl (C=O) groups excluding carboxylic acids is 1. The first kappa shape index (κ1) is 16.0. The molecular formula is C12H17NO4S2. The fourth-order valence-electron chi connectivity index (χ4n) is 1.41. The van der Waals surface area contributed by atoms with Crippen molar-refractivity contribution in [1.29, 1.82) is 0 Å². The van der Waals surface area contributed by atoms with Gasteiger partial charge >= 0.3 is 5.97 Å². The number of ether oxygens (including phenoxy) is 1. The largest absolute Gasteiger partial charge is 0.469 e. The van der Waals surface area contributed by atoms with E-state index in [1.165, 1.54) is 25.9 Å². The fraction of sp³-hybridized carbons (Fsp3) is 0.417. The summed E-state index contributed by atoms with van der Waals surface area (Å²) in [5.74, 6) is -0.255. The van der Waals surface area contributed by atoms with Crippen LogP contribution in [-0.4, -0.2) is 33.8 Å². The Morgan fingerprint density at radius 2 is 1.95 bits per heavy atom. The fourth-order valence-corrected chi connectivity index (χ4v) is 3.11. The zero-order valence-corrected chi connectivity index (χ0v) is 12.7. The van der Waals surface area contributed by atoms with Crippen LogP contribution < -0.4 is 4.72 Å². The summed E-state index contributed by atoms with van der Waals surface area (Å²) >= 11 is 1.50. The number of benzene rings is 1. The Morgan fingerprint density at radius 1 is 1.37 bits per heavy atom. The van der Waals surface area contributed by atoms with E-state index in [0.29, 0.717) is 6.42 Å². The van der Waals surface area contributed by atoms with Crippen molar-refractivity contribution in [3.8, 4) is 0 Å². The van der Waals surface area contributed by atoms with Gasteiger partial charge in [-0.2, -0.15) is 0 Å². The van der Waals surface area contributed by atoms with Crippen LogP contribution in [0.15, 0.2) is 34.1 Å². The molecule has 0 aliphatic heterocycles. The highest BCUT2D eigenvalue weighted by Crippen LogP contribution is 2.26. The normalized spacial score (nSPS) is 13.0. The molecule has 1 N–H and O–H groups in total. The molecule has 0 spiro atoms. The zero-order valence-electron chi connectivity index (χ0n) is 11.0. The third kappa shape index (κ3) is 4.85. The van der Waals surface area contributed by atoms with Gasteiger partial charge in [0.2, 0.25) is 10.0 Å². The summed E-state index contributed by atoms with van der Waals surface area (Å²) in [6, 6.07) is 6.53. The first-order valence-corrected chi connectivity index (χ1v) is 8.02. The minimum Gasteiger partial charge on any atom is -0.469 e. The topological polar surface area (TPSA) is 72.5 Å². The van der Waals surface area contributed by atoms with Crippen LogP contribution in [-0.2, 0) is 19.6 Å². The van der Waals surface area contributed by atoms with Gasteiger partial charge in [-0.15, -0.1) is 11.8 Å². The molecule has 7 heteroatoms. The van der Waals surface area contributed by atoms with E-state index in [-0.39, 0.29) is 16.1 Å². The number of methoxy groups -OCH3 is 1. The van der Waals surface area contributed by atoms with Gasteiger partial charge in [0, 0.05) is 10.1 Å². The summed E-state index contributed by atoms with van der Waals surface area (Å²) in [6.07, 6.45) is 0.317.